The summed E-state index contributed by atoms with van der Waals surface area (Å²) < 4.78 is 5.66. The van der Waals surface area contributed by atoms with Gasteiger partial charge < -0.3 is 15.4 Å². The van der Waals surface area contributed by atoms with Crippen molar-refractivity contribution in [2.45, 2.75) is 39.0 Å². The van der Waals surface area contributed by atoms with Gasteiger partial charge in [0, 0.05) is 31.3 Å². The molecule has 0 bridgehead atoms. The highest BCUT2D eigenvalue weighted by Gasteiger charge is 2.29. The van der Waals surface area contributed by atoms with Gasteiger partial charge in [-0.05, 0) is 38.5 Å². The van der Waals surface area contributed by atoms with E-state index in [9.17, 15) is 4.79 Å². The summed E-state index contributed by atoms with van der Waals surface area (Å²) in [6.07, 6.45) is 11.6. The Bertz CT molecular complexity index is 587. The number of rotatable bonds is 4. The molecule has 0 aliphatic carbocycles. The fourth-order valence-electron chi connectivity index (χ4n) is 2.37. The summed E-state index contributed by atoms with van der Waals surface area (Å²) in [6, 6.07) is 0. The number of carbonyl (C=O) groups excluding carboxylic acids is 1. The third-order valence-electron chi connectivity index (χ3n) is 3.54. The van der Waals surface area contributed by atoms with Crippen LogP contribution in [0.5, 0.6) is 0 Å². The van der Waals surface area contributed by atoms with Crippen LogP contribution in [0.4, 0.5) is 0 Å². The van der Waals surface area contributed by atoms with Gasteiger partial charge in [0.1, 0.15) is 11.8 Å². The van der Waals surface area contributed by atoms with E-state index in [4.69, 9.17) is 4.74 Å². The molecule has 5 nitrogen and oxygen atoms in total. The van der Waals surface area contributed by atoms with Crippen LogP contribution in [0.25, 0.3) is 0 Å². The molecule has 2 aliphatic rings. The van der Waals surface area contributed by atoms with Crippen LogP contribution >= 0.6 is 0 Å². The second-order valence-corrected chi connectivity index (χ2v) is 5.69. The molecule has 1 amide bonds. The van der Waals surface area contributed by atoms with E-state index in [-0.39, 0.29) is 17.7 Å². The number of hydrogen-bond donors (Lipinski definition) is 2. The van der Waals surface area contributed by atoms with Crippen molar-refractivity contribution < 1.29 is 9.53 Å². The molecule has 2 heterocycles. The van der Waals surface area contributed by atoms with Crippen molar-refractivity contribution in [1.82, 2.24) is 10.6 Å². The zero-order valence-electron chi connectivity index (χ0n) is 13.5. The van der Waals surface area contributed by atoms with Gasteiger partial charge in [-0.15, -0.1) is 0 Å². The zero-order chi connectivity index (χ0) is 16.2. The predicted molar refractivity (Wildman–Crippen MR) is 88.3 cm³/mol. The van der Waals surface area contributed by atoms with E-state index in [1.54, 1.807) is 19.4 Å². The summed E-state index contributed by atoms with van der Waals surface area (Å²) in [4.78, 5) is 16.0. The molecule has 2 N–H and O–H groups in total. The van der Waals surface area contributed by atoms with Crippen molar-refractivity contribution in [3.63, 3.8) is 0 Å². The highest BCUT2D eigenvalue weighted by Crippen LogP contribution is 2.28. The smallest absolute Gasteiger partial charge is 0.243 e. The van der Waals surface area contributed by atoms with Crippen LogP contribution in [0.15, 0.2) is 52.4 Å². The van der Waals surface area contributed by atoms with Gasteiger partial charge in [-0.1, -0.05) is 6.08 Å². The number of allylic oxidation sites excluding steroid dienone is 4. The van der Waals surface area contributed by atoms with Gasteiger partial charge in [0.05, 0.1) is 12.0 Å². The summed E-state index contributed by atoms with van der Waals surface area (Å²) in [5, 5.41) is 6.02. The Balaban J connectivity index is 2.36. The van der Waals surface area contributed by atoms with E-state index in [2.05, 4.69) is 15.6 Å². The maximum Gasteiger partial charge on any atom is 0.243 e. The number of hydrogen-bond acceptors (Lipinski definition) is 4. The number of likely N-dealkylation sites (N-methyl/N-ethyl adjacent to an activating group) is 1. The summed E-state index contributed by atoms with van der Waals surface area (Å²) in [5.74, 6) is -0.138. The lowest BCUT2D eigenvalue weighted by atomic mass is 9.97. The first-order chi connectivity index (χ1) is 10.5. The minimum Gasteiger partial charge on any atom is -0.492 e. The summed E-state index contributed by atoms with van der Waals surface area (Å²) in [7, 11) is 1.61. The molecular formula is C17H23N3O2. The predicted octanol–water partition coefficient (Wildman–Crippen LogP) is 2.20. The van der Waals surface area contributed by atoms with E-state index in [0.29, 0.717) is 0 Å². The van der Waals surface area contributed by atoms with E-state index in [1.807, 2.05) is 39.1 Å². The summed E-state index contributed by atoms with van der Waals surface area (Å²) in [5.41, 5.74) is 2.52. The van der Waals surface area contributed by atoms with Gasteiger partial charge in [0.25, 0.3) is 0 Å². The Labute approximate surface area is 131 Å². The van der Waals surface area contributed by atoms with E-state index >= 15 is 0 Å². The Kier molecular flexibility index (Phi) is 4.85. The van der Waals surface area contributed by atoms with Crippen LogP contribution < -0.4 is 10.6 Å². The van der Waals surface area contributed by atoms with Gasteiger partial charge in [-0.2, -0.15) is 0 Å². The van der Waals surface area contributed by atoms with Crippen molar-refractivity contribution >= 4 is 12.1 Å². The lowest BCUT2D eigenvalue weighted by molar-refractivity contribution is -0.116. The topological polar surface area (TPSA) is 62.7 Å². The van der Waals surface area contributed by atoms with Crippen LogP contribution in [0.2, 0.25) is 0 Å². The molecule has 0 saturated heterocycles. The second kappa shape index (κ2) is 6.64. The van der Waals surface area contributed by atoms with E-state index in [1.165, 1.54) is 6.08 Å². The number of ether oxygens (including phenoxy) is 1. The Morgan fingerprint density at radius 2 is 2.27 bits per heavy atom. The quantitative estimate of drug-likeness (QED) is 0.618. The Morgan fingerprint density at radius 3 is 2.86 bits per heavy atom. The van der Waals surface area contributed by atoms with Crippen molar-refractivity contribution in [2.75, 3.05) is 7.05 Å². The molecule has 22 heavy (non-hydrogen) atoms. The minimum atomic E-state index is -0.367. The maximum atomic E-state index is 11.4. The number of nitrogens with zero attached hydrogens (tertiary/aromatic N) is 1. The molecule has 1 unspecified atom stereocenters. The number of amides is 1. The van der Waals surface area contributed by atoms with Crippen molar-refractivity contribution in [3.05, 3.63) is 47.4 Å². The largest absolute Gasteiger partial charge is 0.492 e. The SMILES string of the molecule is C/C=C(\C=C/C(=O)NC)C1=C(C2CC=CO2)NC(C)(C)N=C1. The Morgan fingerprint density at radius 1 is 1.50 bits per heavy atom. The van der Waals surface area contributed by atoms with Gasteiger partial charge in [0.15, 0.2) is 0 Å². The standard InChI is InChI=1S/C17H23N3O2/c1-5-12(8-9-15(21)18-4)13-11-19-17(2,3)20-16(13)14-7-6-10-22-14/h5-6,8-11,14,20H,7H2,1-4H3,(H,18,21)/b9-8-,12-5+. The molecular weight excluding hydrogens is 278 g/mol. The van der Waals surface area contributed by atoms with Crippen molar-refractivity contribution in [1.29, 1.82) is 0 Å². The first-order valence-corrected chi connectivity index (χ1v) is 7.41. The molecule has 0 aromatic heterocycles. The van der Waals surface area contributed by atoms with Crippen LogP contribution in [0.1, 0.15) is 27.2 Å². The zero-order valence-corrected chi connectivity index (χ0v) is 13.5. The fraction of sp³-hybridized carbons (Fsp3) is 0.412. The highest BCUT2D eigenvalue weighted by atomic mass is 16.5. The minimum absolute atomic E-state index is 0.0376. The first kappa shape index (κ1) is 16.1. The average molecular weight is 301 g/mol. The number of nitrogens with one attached hydrogen (secondary N) is 2. The van der Waals surface area contributed by atoms with Crippen LogP contribution in [-0.4, -0.2) is 30.9 Å². The molecule has 1 atom stereocenters. The van der Waals surface area contributed by atoms with E-state index < -0.39 is 0 Å². The average Bonchev–Trinajstić information content (AvgIpc) is 3.02. The van der Waals surface area contributed by atoms with Gasteiger partial charge in [-0.3, -0.25) is 9.79 Å². The van der Waals surface area contributed by atoms with Crippen LogP contribution in [-0.2, 0) is 9.53 Å². The Hall–Kier alpha value is -2.30. The normalized spacial score (nSPS) is 23.6. The number of aliphatic imine (C=N–C) groups is 1. The molecule has 0 saturated carbocycles. The van der Waals surface area contributed by atoms with Gasteiger partial charge in [-0.25, -0.2) is 0 Å². The maximum absolute atomic E-state index is 11.4. The molecule has 0 spiro atoms. The molecule has 0 fully saturated rings. The third kappa shape index (κ3) is 3.67. The van der Waals surface area contributed by atoms with Crippen LogP contribution in [0.3, 0.4) is 0 Å². The molecule has 0 radical (unpaired) electrons. The molecule has 0 aromatic rings. The number of carbonyl (C=O) groups is 1. The van der Waals surface area contributed by atoms with Crippen molar-refractivity contribution in [2.24, 2.45) is 4.99 Å². The first-order valence-electron chi connectivity index (χ1n) is 7.41. The van der Waals surface area contributed by atoms with E-state index in [0.717, 1.165) is 23.3 Å². The fourth-order valence-corrected chi connectivity index (χ4v) is 2.37. The summed E-state index contributed by atoms with van der Waals surface area (Å²) in [6.45, 7) is 5.96. The summed E-state index contributed by atoms with van der Waals surface area (Å²) >= 11 is 0. The molecule has 118 valence electrons. The monoisotopic (exact) mass is 301 g/mol. The van der Waals surface area contributed by atoms with Crippen molar-refractivity contribution in [3.8, 4) is 0 Å². The highest BCUT2D eigenvalue weighted by molar-refractivity contribution is 5.91. The molecule has 2 rings (SSSR count). The lowest BCUT2D eigenvalue weighted by Crippen LogP contribution is -2.43. The van der Waals surface area contributed by atoms with Gasteiger partial charge in [0.2, 0.25) is 5.91 Å². The van der Waals surface area contributed by atoms with Crippen LogP contribution in [0, 0.1) is 0 Å². The molecule has 0 aromatic carbocycles. The molecule has 2 aliphatic heterocycles. The lowest BCUT2D eigenvalue weighted by Gasteiger charge is -2.33. The van der Waals surface area contributed by atoms with Gasteiger partial charge >= 0.3 is 0 Å². The molecule has 5 heteroatoms. The second-order valence-electron chi connectivity index (χ2n) is 5.69. The third-order valence-corrected chi connectivity index (χ3v) is 3.54.